The zero-order valence-electron chi connectivity index (χ0n) is 13.3. The van der Waals surface area contributed by atoms with Gasteiger partial charge in [-0.05, 0) is 58.0 Å². The van der Waals surface area contributed by atoms with E-state index in [0.29, 0.717) is 5.91 Å². The fourth-order valence-corrected chi connectivity index (χ4v) is 4.44. The Bertz CT molecular complexity index is 346. The molecule has 0 aromatic heterocycles. The molecule has 120 valence electrons. The van der Waals surface area contributed by atoms with Gasteiger partial charge in [-0.15, -0.1) is 0 Å². The van der Waals surface area contributed by atoms with Crippen LogP contribution in [0.5, 0.6) is 0 Å². The van der Waals surface area contributed by atoms with Crippen molar-refractivity contribution in [1.82, 2.24) is 9.80 Å². The van der Waals surface area contributed by atoms with Gasteiger partial charge in [-0.3, -0.25) is 4.79 Å². The third kappa shape index (κ3) is 3.78. The largest absolute Gasteiger partial charge is 0.342 e. The third-order valence-corrected chi connectivity index (χ3v) is 5.75. The molecule has 2 aliphatic heterocycles. The molecule has 0 spiro atoms. The molecule has 4 nitrogen and oxygen atoms in total. The predicted molar refractivity (Wildman–Crippen MR) is 85.0 cm³/mol. The zero-order chi connectivity index (χ0) is 14.7. The molecule has 0 radical (unpaired) electrons. The lowest BCUT2D eigenvalue weighted by atomic mass is 9.85. The average molecular weight is 293 g/mol. The van der Waals surface area contributed by atoms with Gasteiger partial charge in [-0.25, -0.2) is 0 Å². The van der Waals surface area contributed by atoms with Crippen LogP contribution >= 0.6 is 0 Å². The van der Waals surface area contributed by atoms with Gasteiger partial charge >= 0.3 is 0 Å². The lowest BCUT2D eigenvalue weighted by Crippen LogP contribution is -2.50. The van der Waals surface area contributed by atoms with Crippen LogP contribution in [-0.2, 0) is 4.79 Å². The van der Waals surface area contributed by atoms with Crippen LogP contribution in [0.2, 0.25) is 0 Å². The van der Waals surface area contributed by atoms with Gasteiger partial charge < -0.3 is 15.5 Å². The fraction of sp³-hybridized carbons (Fsp3) is 0.941. The highest BCUT2D eigenvalue weighted by molar-refractivity contribution is 5.79. The Morgan fingerprint density at radius 1 is 0.857 bits per heavy atom. The van der Waals surface area contributed by atoms with Gasteiger partial charge in [0.1, 0.15) is 0 Å². The van der Waals surface area contributed by atoms with E-state index in [-0.39, 0.29) is 12.0 Å². The Hall–Kier alpha value is -0.610. The van der Waals surface area contributed by atoms with E-state index in [0.717, 1.165) is 44.8 Å². The SMILES string of the molecule is NC1CCCC(C(=O)N2CCC(N3CCCCC3)CC2)C1. The summed E-state index contributed by atoms with van der Waals surface area (Å²) >= 11 is 0. The van der Waals surface area contributed by atoms with Crippen molar-refractivity contribution in [2.75, 3.05) is 26.2 Å². The second-order valence-electron chi connectivity index (χ2n) is 7.28. The number of nitrogens with zero attached hydrogens (tertiary/aromatic N) is 2. The normalized spacial score (nSPS) is 33.1. The van der Waals surface area contributed by atoms with Crippen LogP contribution < -0.4 is 5.73 Å². The first kappa shape index (κ1) is 15.3. The smallest absolute Gasteiger partial charge is 0.225 e. The standard InChI is InChI=1S/C17H31N3O/c18-15-6-4-5-14(13-15)17(21)20-11-7-16(8-12-20)19-9-2-1-3-10-19/h14-16H,1-13,18H2. The molecular formula is C17H31N3O. The van der Waals surface area contributed by atoms with Gasteiger partial charge in [0.15, 0.2) is 0 Å². The summed E-state index contributed by atoms with van der Waals surface area (Å²) in [6.45, 7) is 4.48. The molecule has 1 aliphatic carbocycles. The first-order valence-electron chi connectivity index (χ1n) is 9.02. The van der Waals surface area contributed by atoms with Gasteiger partial charge in [0.25, 0.3) is 0 Å². The van der Waals surface area contributed by atoms with Crippen molar-refractivity contribution in [3.05, 3.63) is 0 Å². The summed E-state index contributed by atoms with van der Waals surface area (Å²) in [6, 6.07) is 0.974. The number of hydrogen-bond donors (Lipinski definition) is 1. The first-order valence-corrected chi connectivity index (χ1v) is 9.02. The maximum atomic E-state index is 12.6. The highest BCUT2D eigenvalue weighted by Gasteiger charge is 2.32. The Kier molecular flexibility index (Phi) is 5.17. The highest BCUT2D eigenvalue weighted by atomic mass is 16.2. The minimum atomic E-state index is 0.209. The Morgan fingerprint density at radius 2 is 1.57 bits per heavy atom. The van der Waals surface area contributed by atoms with Crippen molar-refractivity contribution in [1.29, 1.82) is 0 Å². The lowest BCUT2D eigenvalue weighted by molar-refractivity contribution is -0.138. The van der Waals surface area contributed by atoms with Gasteiger partial charge in [0.05, 0.1) is 0 Å². The van der Waals surface area contributed by atoms with E-state index in [1.807, 2.05) is 0 Å². The second kappa shape index (κ2) is 7.10. The van der Waals surface area contributed by atoms with E-state index in [1.165, 1.54) is 45.2 Å². The zero-order valence-corrected chi connectivity index (χ0v) is 13.3. The van der Waals surface area contributed by atoms with Crippen molar-refractivity contribution in [3.8, 4) is 0 Å². The molecule has 1 saturated carbocycles. The molecule has 2 unspecified atom stereocenters. The third-order valence-electron chi connectivity index (χ3n) is 5.75. The molecule has 0 bridgehead atoms. The molecule has 2 saturated heterocycles. The lowest BCUT2D eigenvalue weighted by Gasteiger charge is -2.41. The average Bonchev–Trinajstić information content (AvgIpc) is 2.55. The number of carbonyl (C=O) groups is 1. The summed E-state index contributed by atoms with van der Waals surface area (Å²) in [6.07, 6.45) is 10.6. The van der Waals surface area contributed by atoms with E-state index >= 15 is 0 Å². The molecule has 3 fully saturated rings. The molecule has 0 aromatic rings. The van der Waals surface area contributed by atoms with E-state index in [9.17, 15) is 4.79 Å². The van der Waals surface area contributed by atoms with Crippen molar-refractivity contribution in [2.45, 2.75) is 69.9 Å². The maximum Gasteiger partial charge on any atom is 0.225 e. The first-order chi connectivity index (χ1) is 10.2. The van der Waals surface area contributed by atoms with Crippen LogP contribution in [0.25, 0.3) is 0 Å². The molecular weight excluding hydrogens is 262 g/mol. The number of likely N-dealkylation sites (tertiary alicyclic amines) is 2. The summed E-state index contributed by atoms with van der Waals surface area (Å²) in [5.41, 5.74) is 6.03. The maximum absolute atomic E-state index is 12.6. The monoisotopic (exact) mass is 293 g/mol. The molecule has 2 N–H and O–H groups in total. The van der Waals surface area contributed by atoms with E-state index in [2.05, 4.69) is 9.80 Å². The number of piperidine rings is 2. The second-order valence-corrected chi connectivity index (χ2v) is 7.28. The number of rotatable bonds is 2. The predicted octanol–water partition coefficient (Wildman–Crippen LogP) is 1.98. The highest BCUT2D eigenvalue weighted by Crippen LogP contribution is 2.27. The van der Waals surface area contributed by atoms with Crippen molar-refractivity contribution >= 4 is 5.91 Å². The summed E-state index contributed by atoms with van der Waals surface area (Å²) in [5.74, 6) is 0.600. The minimum absolute atomic E-state index is 0.209. The van der Waals surface area contributed by atoms with E-state index in [1.54, 1.807) is 0 Å². The van der Waals surface area contributed by atoms with Gasteiger partial charge in [-0.1, -0.05) is 12.8 Å². The molecule has 4 heteroatoms. The fourth-order valence-electron chi connectivity index (χ4n) is 4.44. The Morgan fingerprint density at radius 3 is 2.24 bits per heavy atom. The van der Waals surface area contributed by atoms with Gasteiger partial charge in [0.2, 0.25) is 5.91 Å². The Labute approximate surface area is 129 Å². The summed E-state index contributed by atoms with van der Waals surface area (Å²) in [4.78, 5) is 17.4. The number of amides is 1. The van der Waals surface area contributed by atoms with E-state index in [4.69, 9.17) is 5.73 Å². The Balaban J connectivity index is 1.47. The summed E-state index contributed by atoms with van der Waals surface area (Å²) < 4.78 is 0. The van der Waals surface area contributed by atoms with E-state index < -0.39 is 0 Å². The van der Waals surface area contributed by atoms with Gasteiger partial charge in [-0.2, -0.15) is 0 Å². The van der Waals surface area contributed by atoms with Crippen LogP contribution in [0.4, 0.5) is 0 Å². The van der Waals surface area contributed by atoms with Crippen LogP contribution in [0.15, 0.2) is 0 Å². The molecule has 2 atom stereocenters. The molecule has 1 amide bonds. The van der Waals surface area contributed by atoms with Crippen LogP contribution in [-0.4, -0.2) is 54.0 Å². The molecule has 2 heterocycles. The quantitative estimate of drug-likeness (QED) is 0.847. The van der Waals surface area contributed by atoms with Crippen LogP contribution in [0, 0.1) is 5.92 Å². The molecule has 21 heavy (non-hydrogen) atoms. The molecule has 0 aromatic carbocycles. The molecule has 3 rings (SSSR count). The summed E-state index contributed by atoms with van der Waals surface area (Å²) in [5, 5.41) is 0. The van der Waals surface area contributed by atoms with Crippen molar-refractivity contribution < 1.29 is 4.79 Å². The van der Waals surface area contributed by atoms with Crippen molar-refractivity contribution in [2.24, 2.45) is 11.7 Å². The van der Waals surface area contributed by atoms with Gasteiger partial charge in [0, 0.05) is 31.1 Å². The van der Waals surface area contributed by atoms with Crippen LogP contribution in [0.1, 0.15) is 57.8 Å². The van der Waals surface area contributed by atoms with Crippen molar-refractivity contribution in [3.63, 3.8) is 0 Å². The minimum Gasteiger partial charge on any atom is -0.342 e. The number of nitrogens with two attached hydrogens (primary N) is 1. The van der Waals surface area contributed by atoms with Crippen LogP contribution in [0.3, 0.4) is 0 Å². The summed E-state index contributed by atoms with van der Waals surface area (Å²) in [7, 11) is 0. The number of hydrogen-bond acceptors (Lipinski definition) is 3. The topological polar surface area (TPSA) is 49.6 Å². The number of carbonyl (C=O) groups excluding carboxylic acids is 1. The molecule has 3 aliphatic rings.